The van der Waals surface area contributed by atoms with Crippen LogP contribution in [-0.4, -0.2) is 21.3 Å². The molecule has 4 nitrogen and oxygen atoms in total. The van der Waals surface area contributed by atoms with E-state index in [1.54, 1.807) is 0 Å². The Morgan fingerprint density at radius 2 is 2.06 bits per heavy atom. The fraction of sp³-hybridized carbons (Fsp3) is 0.167. The van der Waals surface area contributed by atoms with Gasteiger partial charge >= 0.3 is 5.97 Å². The van der Waals surface area contributed by atoms with Crippen LogP contribution in [0.3, 0.4) is 0 Å². The summed E-state index contributed by atoms with van der Waals surface area (Å²) in [4.78, 5) is 10.7. The highest BCUT2D eigenvalue weighted by Gasteiger charge is 2.12. The first-order valence-electron chi connectivity index (χ1n) is 5.09. The van der Waals surface area contributed by atoms with Crippen molar-refractivity contribution in [2.45, 2.75) is 13.3 Å². The average Bonchev–Trinajstić information content (AvgIpc) is 2.61. The van der Waals surface area contributed by atoms with Crippen molar-refractivity contribution < 1.29 is 9.90 Å². The van der Waals surface area contributed by atoms with E-state index in [9.17, 15) is 4.79 Å². The van der Waals surface area contributed by atoms with E-state index in [1.807, 2.05) is 31.2 Å². The molecule has 0 aliphatic rings. The van der Waals surface area contributed by atoms with Gasteiger partial charge in [-0.15, -0.1) is 0 Å². The molecular formula is C12H11BrN2O2. The maximum atomic E-state index is 10.7. The third-order valence-corrected chi connectivity index (χ3v) is 3.08. The van der Waals surface area contributed by atoms with Crippen molar-refractivity contribution >= 4 is 21.9 Å². The third-order valence-electron chi connectivity index (χ3n) is 2.56. The maximum Gasteiger partial charge on any atom is 0.309 e. The number of nitrogens with one attached hydrogen (secondary N) is 1. The van der Waals surface area contributed by atoms with Gasteiger partial charge in [0.05, 0.1) is 12.1 Å². The molecule has 2 aromatic rings. The summed E-state index contributed by atoms with van der Waals surface area (Å²) in [5, 5.41) is 15.7. The summed E-state index contributed by atoms with van der Waals surface area (Å²) in [5.41, 5.74) is 3.30. The lowest BCUT2D eigenvalue weighted by atomic mass is 10.1. The first-order valence-corrected chi connectivity index (χ1v) is 5.89. The number of hydrogen-bond acceptors (Lipinski definition) is 2. The number of carboxylic acids is 1. The molecule has 0 saturated carbocycles. The molecule has 5 heteroatoms. The zero-order valence-electron chi connectivity index (χ0n) is 9.20. The number of benzene rings is 1. The monoisotopic (exact) mass is 294 g/mol. The van der Waals surface area contributed by atoms with Gasteiger partial charge in [-0.1, -0.05) is 28.1 Å². The van der Waals surface area contributed by atoms with Gasteiger partial charge in [-0.25, -0.2) is 0 Å². The molecule has 1 aromatic carbocycles. The van der Waals surface area contributed by atoms with E-state index in [-0.39, 0.29) is 6.42 Å². The van der Waals surface area contributed by atoms with Gasteiger partial charge in [0.25, 0.3) is 0 Å². The lowest BCUT2D eigenvalue weighted by molar-refractivity contribution is -0.136. The van der Waals surface area contributed by atoms with Crippen molar-refractivity contribution in [2.75, 3.05) is 0 Å². The van der Waals surface area contributed by atoms with E-state index < -0.39 is 5.97 Å². The molecule has 1 heterocycles. The highest BCUT2D eigenvalue weighted by molar-refractivity contribution is 9.10. The lowest BCUT2D eigenvalue weighted by Gasteiger charge is -1.99. The fourth-order valence-corrected chi connectivity index (χ4v) is 1.91. The van der Waals surface area contributed by atoms with Crippen LogP contribution in [0.2, 0.25) is 0 Å². The molecular weight excluding hydrogens is 284 g/mol. The van der Waals surface area contributed by atoms with E-state index in [0.29, 0.717) is 5.69 Å². The SMILES string of the molecule is Cc1c(-c2ccc(Br)cc2)n[nH]c1CC(=O)O. The number of aromatic nitrogens is 2. The molecule has 0 fully saturated rings. The molecule has 1 aromatic heterocycles. The molecule has 0 aliphatic carbocycles. The normalized spacial score (nSPS) is 10.5. The predicted molar refractivity (Wildman–Crippen MR) is 67.8 cm³/mol. The highest BCUT2D eigenvalue weighted by Crippen LogP contribution is 2.24. The molecule has 0 atom stereocenters. The summed E-state index contributed by atoms with van der Waals surface area (Å²) in [5.74, 6) is -0.862. The third kappa shape index (κ3) is 2.55. The average molecular weight is 295 g/mol. The number of hydrogen-bond donors (Lipinski definition) is 2. The van der Waals surface area contributed by atoms with Gasteiger partial charge in [0.1, 0.15) is 0 Å². The van der Waals surface area contributed by atoms with E-state index in [4.69, 9.17) is 5.11 Å². The second-order valence-corrected chi connectivity index (χ2v) is 4.67. The second kappa shape index (κ2) is 4.71. The summed E-state index contributed by atoms with van der Waals surface area (Å²) < 4.78 is 1.00. The number of rotatable bonds is 3. The minimum Gasteiger partial charge on any atom is -0.481 e. The van der Waals surface area contributed by atoms with Gasteiger partial charge in [-0.05, 0) is 24.6 Å². The van der Waals surface area contributed by atoms with Gasteiger partial charge < -0.3 is 5.11 Å². The Bertz CT molecular complexity index is 546. The van der Waals surface area contributed by atoms with Crippen LogP contribution in [0.4, 0.5) is 0 Å². The summed E-state index contributed by atoms with van der Waals surface area (Å²) >= 11 is 3.37. The van der Waals surface area contributed by atoms with Gasteiger partial charge in [0.15, 0.2) is 0 Å². The highest BCUT2D eigenvalue weighted by atomic mass is 79.9. The summed E-state index contributed by atoms with van der Waals surface area (Å²) in [7, 11) is 0. The van der Waals surface area contributed by atoms with E-state index in [1.165, 1.54) is 0 Å². The standard InChI is InChI=1S/C12H11BrN2O2/c1-7-10(6-11(16)17)14-15-12(7)8-2-4-9(13)5-3-8/h2-5H,6H2,1H3,(H,14,15)(H,16,17). The Balaban J connectivity index is 2.37. The number of H-pyrrole nitrogens is 1. The number of carbonyl (C=O) groups is 1. The van der Waals surface area contributed by atoms with Crippen molar-refractivity contribution in [2.24, 2.45) is 0 Å². The van der Waals surface area contributed by atoms with E-state index in [0.717, 1.165) is 21.3 Å². The molecule has 0 radical (unpaired) electrons. The van der Waals surface area contributed by atoms with Crippen molar-refractivity contribution in [1.82, 2.24) is 10.2 Å². The van der Waals surface area contributed by atoms with Crippen LogP contribution < -0.4 is 0 Å². The van der Waals surface area contributed by atoms with Crippen molar-refractivity contribution in [3.05, 3.63) is 40.0 Å². The Morgan fingerprint density at radius 1 is 1.41 bits per heavy atom. The zero-order chi connectivity index (χ0) is 12.4. The number of aromatic amines is 1. The minimum atomic E-state index is -0.862. The van der Waals surface area contributed by atoms with Gasteiger partial charge in [0, 0.05) is 15.7 Å². The van der Waals surface area contributed by atoms with Crippen LogP contribution in [0, 0.1) is 6.92 Å². The number of halogens is 1. The second-order valence-electron chi connectivity index (χ2n) is 3.75. The Morgan fingerprint density at radius 3 is 2.65 bits per heavy atom. The Labute approximate surface area is 107 Å². The van der Waals surface area contributed by atoms with E-state index in [2.05, 4.69) is 26.1 Å². The number of nitrogens with zero attached hydrogens (tertiary/aromatic N) is 1. The van der Waals surface area contributed by atoms with Crippen molar-refractivity contribution in [1.29, 1.82) is 0 Å². The van der Waals surface area contributed by atoms with Crippen molar-refractivity contribution in [3.8, 4) is 11.3 Å². The van der Waals surface area contributed by atoms with Crippen LogP contribution in [0.5, 0.6) is 0 Å². The zero-order valence-corrected chi connectivity index (χ0v) is 10.8. The van der Waals surface area contributed by atoms with Crippen LogP contribution in [0.15, 0.2) is 28.7 Å². The quantitative estimate of drug-likeness (QED) is 0.915. The van der Waals surface area contributed by atoms with Crippen LogP contribution in [-0.2, 0) is 11.2 Å². The summed E-state index contributed by atoms with van der Waals surface area (Å²) in [6, 6.07) is 7.75. The van der Waals surface area contributed by atoms with Crippen LogP contribution >= 0.6 is 15.9 Å². The molecule has 88 valence electrons. The molecule has 2 rings (SSSR count). The molecule has 17 heavy (non-hydrogen) atoms. The summed E-state index contributed by atoms with van der Waals surface area (Å²) in [6.45, 7) is 1.87. The smallest absolute Gasteiger partial charge is 0.309 e. The maximum absolute atomic E-state index is 10.7. The van der Waals surface area contributed by atoms with E-state index >= 15 is 0 Å². The van der Waals surface area contributed by atoms with Crippen molar-refractivity contribution in [3.63, 3.8) is 0 Å². The number of aliphatic carboxylic acids is 1. The molecule has 0 unspecified atom stereocenters. The first kappa shape index (κ1) is 11.9. The van der Waals surface area contributed by atoms with Crippen LogP contribution in [0.1, 0.15) is 11.3 Å². The molecule has 0 bridgehead atoms. The largest absolute Gasteiger partial charge is 0.481 e. The number of carboxylic acid groups (broad SMARTS) is 1. The Hall–Kier alpha value is -1.62. The first-order chi connectivity index (χ1) is 8.08. The molecule has 0 spiro atoms. The van der Waals surface area contributed by atoms with Crippen LogP contribution in [0.25, 0.3) is 11.3 Å². The van der Waals surface area contributed by atoms with Gasteiger partial charge in [-0.3, -0.25) is 9.89 Å². The molecule has 0 amide bonds. The molecule has 0 aliphatic heterocycles. The lowest BCUT2D eigenvalue weighted by Crippen LogP contribution is -2.01. The van der Waals surface area contributed by atoms with Gasteiger partial charge in [0.2, 0.25) is 0 Å². The fourth-order valence-electron chi connectivity index (χ4n) is 1.65. The topological polar surface area (TPSA) is 66.0 Å². The Kier molecular flexibility index (Phi) is 3.28. The predicted octanol–water partition coefficient (Wildman–Crippen LogP) is 2.77. The summed E-state index contributed by atoms with van der Waals surface area (Å²) in [6.07, 6.45) is -0.0324. The van der Waals surface area contributed by atoms with Gasteiger partial charge in [-0.2, -0.15) is 5.10 Å². The molecule has 0 saturated heterocycles. The molecule has 2 N–H and O–H groups in total. The minimum absolute atomic E-state index is 0.0324.